The average molecular weight is 364 g/mol. The van der Waals surface area contributed by atoms with Crippen LogP contribution in [0.15, 0.2) is 30.3 Å². The van der Waals surface area contributed by atoms with Gasteiger partial charge in [-0.2, -0.15) is 13.2 Å². The van der Waals surface area contributed by atoms with Crippen molar-refractivity contribution in [2.24, 2.45) is 0 Å². The fourth-order valence-electron chi connectivity index (χ4n) is 2.10. The molecule has 0 amide bonds. The lowest BCUT2D eigenvalue weighted by Crippen LogP contribution is -2.17. The van der Waals surface area contributed by atoms with Gasteiger partial charge in [0.05, 0.1) is 16.2 Å². The van der Waals surface area contributed by atoms with E-state index in [1.165, 1.54) is 26.0 Å². The largest absolute Gasteiger partial charge is 0.453 e. The summed E-state index contributed by atoms with van der Waals surface area (Å²) in [5.74, 6) is -2.32. The molecule has 3 N–H and O–H groups in total. The fraction of sp³-hybridized carbons (Fsp3) is 0.250. The molecule has 0 unspecified atom stereocenters. The minimum Gasteiger partial charge on any atom is -0.453 e. The Bertz CT molecular complexity index is 770. The molecule has 0 saturated heterocycles. The Morgan fingerprint density at radius 2 is 1.71 bits per heavy atom. The maximum absolute atomic E-state index is 14.0. The number of nitrogens with two attached hydrogens (primary N) is 1. The van der Waals surface area contributed by atoms with Crippen molar-refractivity contribution >= 4 is 17.3 Å². The lowest BCUT2D eigenvalue weighted by molar-refractivity contribution is -0.140. The van der Waals surface area contributed by atoms with Crippen molar-refractivity contribution in [3.8, 4) is 11.5 Å². The van der Waals surface area contributed by atoms with Crippen LogP contribution in [0.5, 0.6) is 11.5 Å². The lowest BCUT2D eigenvalue weighted by Gasteiger charge is -2.22. The van der Waals surface area contributed by atoms with E-state index < -0.39 is 28.9 Å². The number of halogens is 5. The predicted molar refractivity (Wildman–Crippen MR) is 82.6 cm³/mol. The van der Waals surface area contributed by atoms with Gasteiger partial charge >= 0.3 is 6.18 Å². The fourth-order valence-corrected chi connectivity index (χ4v) is 2.31. The van der Waals surface area contributed by atoms with E-state index in [9.17, 15) is 22.7 Å². The molecular formula is C16H14ClF4NO2. The summed E-state index contributed by atoms with van der Waals surface area (Å²) >= 11 is 5.95. The number of ether oxygens (including phenoxy) is 1. The van der Waals surface area contributed by atoms with Crippen LogP contribution in [0, 0.1) is 5.82 Å². The molecule has 0 fully saturated rings. The summed E-state index contributed by atoms with van der Waals surface area (Å²) in [5.41, 5.74) is 3.38. The first-order valence-electron chi connectivity index (χ1n) is 6.76. The molecule has 0 aromatic heterocycles. The summed E-state index contributed by atoms with van der Waals surface area (Å²) in [5, 5.41) is 10.0. The smallest absolute Gasteiger partial charge is 0.419 e. The van der Waals surface area contributed by atoms with Crippen molar-refractivity contribution in [1.29, 1.82) is 0 Å². The molecule has 0 radical (unpaired) electrons. The number of nitrogen functional groups attached to an aromatic ring is 1. The van der Waals surface area contributed by atoms with Crippen LogP contribution >= 0.6 is 11.6 Å². The van der Waals surface area contributed by atoms with E-state index >= 15 is 0 Å². The molecule has 2 aromatic carbocycles. The highest BCUT2D eigenvalue weighted by Crippen LogP contribution is 2.40. The highest BCUT2D eigenvalue weighted by molar-refractivity contribution is 6.32. The summed E-state index contributed by atoms with van der Waals surface area (Å²) in [7, 11) is 0. The van der Waals surface area contributed by atoms with E-state index in [4.69, 9.17) is 22.1 Å². The monoisotopic (exact) mass is 363 g/mol. The van der Waals surface area contributed by atoms with Gasteiger partial charge in [0.2, 0.25) is 0 Å². The van der Waals surface area contributed by atoms with Gasteiger partial charge in [0, 0.05) is 11.3 Å². The number of hydrogen-bond acceptors (Lipinski definition) is 3. The predicted octanol–water partition coefficient (Wildman–Crippen LogP) is 5.10. The maximum Gasteiger partial charge on any atom is 0.419 e. The van der Waals surface area contributed by atoms with Gasteiger partial charge in [0.25, 0.3) is 0 Å². The molecule has 0 aliphatic heterocycles. The standard InChI is InChI=1S/C16H14ClF4NO2/c1-15(2,23)9-6-13(10(17)7-11(9)22)24-12-5-3-4-8(14(12)18)16(19,20)21/h3-7,23H,22H2,1-2H3. The number of aliphatic hydroxyl groups is 1. The molecule has 0 spiro atoms. The summed E-state index contributed by atoms with van der Waals surface area (Å²) in [6, 6.07) is 5.20. The zero-order valence-electron chi connectivity index (χ0n) is 12.7. The molecule has 24 heavy (non-hydrogen) atoms. The van der Waals surface area contributed by atoms with Crippen LogP contribution in [0.1, 0.15) is 25.0 Å². The molecule has 0 saturated carbocycles. The summed E-state index contributed by atoms with van der Waals surface area (Å²) < 4.78 is 57.5. The van der Waals surface area contributed by atoms with Gasteiger partial charge < -0.3 is 15.6 Å². The van der Waals surface area contributed by atoms with Crippen LogP contribution in [0.4, 0.5) is 23.2 Å². The van der Waals surface area contributed by atoms with Gasteiger partial charge in [-0.15, -0.1) is 0 Å². The third kappa shape index (κ3) is 3.73. The van der Waals surface area contributed by atoms with Crippen molar-refractivity contribution in [2.45, 2.75) is 25.6 Å². The van der Waals surface area contributed by atoms with E-state index in [1.807, 2.05) is 0 Å². The Hall–Kier alpha value is -1.99. The maximum atomic E-state index is 14.0. The van der Waals surface area contributed by atoms with E-state index in [0.29, 0.717) is 6.07 Å². The van der Waals surface area contributed by atoms with E-state index in [2.05, 4.69) is 0 Å². The molecule has 0 atom stereocenters. The summed E-state index contributed by atoms with van der Waals surface area (Å²) in [6.45, 7) is 2.92. The topological polar surface area (TPSA) is 55.5 Å². The van der Waals surface area contributed by atoms with Crippen molar-refractivity contribution < 1.29 is 27.4 Å². The quantitative estimate of drug-likeness (QED) is 0.589. The highest BCUT2D eigenvalue weighted by atomic mass is 35.5. The highest BCUT2D eigenvalue weighted by Gasteiger charge is 2.35. The third-order valence-electron chi connectivity index (χ3n) is 3.25. The molecule has 0 heterocycles. The van der Waals surface area contributed by atoms with Crippen LogP contribution in [-0.2, 0) is 11.8 Å². The van der Waals surface area contributed by atoms with E-state index in [1.54, 1.807) is 0 Å². The van der Waals surface area contributed by atoms with Crippen molar-refractivity contribution in [3.05, 3.63) is 52.3 Å². The number of anilines is 1. The number of hydrogen-bond donors (Lipinski definition) is 2. The van der Waals surface area contributed by atoms with Gasteiger partial charge in [-0.05, 0) is 38.1 Å². The average Bonchev–Trinajstić information content (AvgIpc) is 2.41. The second-order valence-corrected chi connectivity index (χ2v) is 6.05. The molecule has 0 aliphatic carbocycles. The number of rotatable bonds is 3. The van der Waals surface area contributed by atoms with Gasteiger partial charge in [-0.1, -0.05) is 17.7 Å². The normalized spacial score (nSPS) is 12.3. The minimum atomic E-state index is -4.85. The summed E-state index contributed by atoms with van der Waals surface area (Å²) in [4.78, 5) is 0. The molecule has 0 aliphatic rings. The Kier molecular flexibility index (Phi) is 4.70. The molecule has 130 valence electrons. The molecule has 0 bridgehead atoms. The van der Waals surface area contributed by atoms with Gasteiger partial charge in [0.1, 0.15) is 5.75 Å². The molecule has 3 nitrogen and oxygen atoms in total. The zero-order chi connectivity index (χ0) is 18.3. The Labute approximate surface area is 140 Å². The van der Waals surface area contributed by atoms with Crippen molar-refractivity contribution in [1.82, 2.24) is 0 Å². The Morgan fingerprint density at radius 3 is 2.25 bits per heavy atom. The Morgan fingerprint density at radius 1 is 1.08 bits per heavy atom. The van der Waals surface area contributed by atoms with Crippen LogP contribution in [0.3, 0.4) is 0 Å². The van der Waals surface area contributed by atoms with Gasteiger partial charge in [-0.25, -0.2) is 4.39 Å². The van der Waals surface area contributed by atoms with Gasteiger partial charge in [0.15, 0.2) is 11.6 Å². The van der Waals surface area contributed by atoms with Gasteiger partial charge in [-0.3, -0.25) is 0 Å². The molecular weight excluding hydrogens is 350 g/mol. The number of benzene rings is 2. The third-order valence-corrected chi connectivity index (χ3v) is 3.55. The first kappa shape index (κ1) is 18.4. The lowest BCUT2D eigenvalue weighted by atomic mass is 9.96. The number of alkyl halides is 3. The van der Waals surface area contributed by atoms with Crippen LogP contribution in [0.25, 0.3) is 0 Å². The Balaban J connectivity index is 2.50. The first-order chi connectivity index (χ1) is 10.9. The van der Waals surface area contributed by atoms with Crippen LogP contribution in [0.2, 0.25) is 5.02 Å². The SMILES string of the molecule is CC(C)(O)c1cc(Oc2cccc(C(F)(F)F)c2F)c(Cl)cc1N. The van der Waals surface area contributed by atoms with Crippen molar-refractivity contribution in [2.75, 3.05) is 5.73 Å². The molecule has 2 aromatic rings. The minimum absolute atomic E-state index is 0.0303. The first-order valence-corrected chi connectivity index (χ1v) is 7.14. The second kappa shape index (κ2) is 6.14. The van der Waals surface area contributed by atoms with Crippen LogP contribution < -0.4 is 10.5 Å². The zero-order valence-corrected chi connectivity index (χ0v) is 13.5. The van der Waals surface area contributed by atoms with Crippen molar-refractivity contribution in [3.63, 3.8) is 0 Å². The molecule has 2 rings (SSSR count). The summed E-state index contributed by atoms with van der Waals surface area (Å²) in [6.07, 6.45) is -4.85. The van der Waals surface area contributed by atoms with E-state index in [-0.39, 0.29) is 22.0 Å². The van der Waals surface area contributed by atoms with E-state index in [0.717, 1.165) is 12.1 Å². The molecule has 8 heteroatoms. The second-order valence-electron chi connectivity index (χ2n) is 5.65. The van der Waals surface area contributed by atoms with Crippen LogP contribution in [-0.4, -0.2) is 5.11 Å².